The fraction of sp³-hybridized carbons (Fsp3) is 0.579. The van der Waals surface area contributed by atoms with Crippen molar-refractivity contribution in [3.63, 3.8) is 0 Å². The standard InChI is InChI=1S/C19H27N3O3S2/c1-14-4-11-27-18(14)19-21-16(15(2)25-19)12-26-13-17(23)20-5-3-6-22-7-9-24-10-8-22/h4,11H,3,5-10,12-13H2,1-2H3,(H,20,23). The highest BCUT2D eigenvalue weighted by Crippen LogP contribution is 2.30. The number of carbonyl (C=O) groups excluding carboxylic acids is 1. The second-order valence-corrected chi connectivity index (χ2v) is 8.51. The molecule has 0 unspecified atom stereocenters. The van der Waals surface area contributed by atoms with Crippen LogP contribution < -0.4 is 5.32 Å². The number of amides is 1. The summed E-state index contributed by atoms with van der Waals surface area (Å²) in [5.41, 5.74) is 2.10. The molecule has 0 aliphatic carbocycles. The van der Waals surface area contributed by atoms with Crippen molar-refractivity contribution in [2.24, 2.45) is 0 Å². The molecule has 0 bridgehead atoms. The molecule has 0 saturated carbocycles. The van der Waals surface area contributed by atoms with Gasteiger partial charge >= 0.3 is 0 Å². The van der Waals surface area contributed by atoms with Crippen LogP contribution in [0.15, 0.2) is 15.9 Å². The molecule has 2 aromatic heterocycles. The number of rotatable bonds is 9. The summed E-state index contributed by atoms with van der Waals surface area (Å²) in [4.78, 5) is 20.1. The smallest absolute Gasteiger partial charge is 0.237 e. The number of hydrogen-bond donors (Lipinski definition) is 1. The average molecular weight is 410 g/mol. The molecule has 1 aliphatic rings. The van der Waals surface area contributed by atoms with Crippen molar-refractivity contribution in [3.8, 4) is 10.8 Å². The van der Waals surface area contributed by atoms with Crippen LogP contribution in [0.1, 0.15) is 23.4 Å². The summed E-state index contributed by atoms with van der Waals surface area (Å²) in [6.45, 7) is 9.35. The predicted octanol–water partition coefficient (Wildman–Crippen LogP) is 3.09. The van der Waals surface area contributed by atoms with Gasteiger partial charge in [-0.05, 0) is 43.8 Å². The summed E-state index contributed by atoms with van der Waals surface area (Å²) in [6, 6.07) is 2.07. The van der Waals surface area contributed by atoms with Crippen LogP contribution in [0.4, 0.5) is 0 Å². The molecule has 3 heterocycles. The van der Waals surface area contributed by atoms with Crippen LogP contribution in [0.3, 0.4) is 0 Å². The fourth-order valence-electron chi connectivity index (χ4n) is 2.90. The summed E-state index contributed by atoms with van der Waals surface area (Å²) in [6.07, 6.45) is 0.975. The lowest BCUT2D eigenvalue weighted by atomic mass is 10.3. The molecule has 3 rings (SSSR count). The van der Waals surface area contributed by atoms with Crippen molar-refractivity contribution in [1.82, 2.24) is 15.2 Å². The van der Waals surface area contributed by atoms with Crippen molar-refractivity contribution in [3.05, 3.63) is 28.5 Å². The normalized spacial score (nSPS) is 15.2. The fourth-order valence-corrected chi connectivity index (χ4v) is 4.60. The van der Waals surface area contributed by atoms with E-state index in [4.69, 9.17) is 9.15 Å². The average Bonchev–Trinajstić information content (AvgIpc) is 3.25. The van der Waals surface area contributed by atoms with E-state index in [1.807, 2.05) is 12.3 Å². The lowest BCUT2D eigenvalue weighted by molar-refractivity contribution is -0.118. The van der Waals surface area contributed by atoms with E-state index in [1.54, 1.807) is 23.1 Å². The first-order valence-corrected chi connectivity index (χ1v) is 11.3. The van der Waals surface area contributed by atoms with E-state index in [2.05, 4.69) is 28.2 Å². The van der Waals surface area contributed by atoms with Gasteiger partial charge in [0.1, 0.15) is 5.76 Å². The summed E-state index contributed by atoms with van der Waals surface area (Å²) in [7, 11) is 0. The Morgan fingerprint density at radius 3 is 2.93 bits per heavy atom. The predicted molar refractivity (Wildman–Crippen MR) is 110 cm³/mol. The maximum absolute atomic E-state index is 12.0. The maximum atomic E-state index is 12.0. The number of thiophene rings is 1. The van der Waals surface area contributed by atoms with Crippen LogP contribution in [0, 0.1) is 13.8 Å². The third kappa shape index (κ3) is 6.07. The first-order chi connectivity index (χ1) is 13.1. The number of oxazole rings is 1. The number of nitrogens with one attached hydrogen (secondary N) is 1. The third-order valence-electron chi connectivity index (χ3n) is 4.50. The molecule has 1 N–H and O–H groups in total. The first kappa shape index (κ1) is 20.4. The molecule has 1 fully saturated rings. The Morgan fingerprint density at radius 2 is 2.19 bits per heavy atom. The lowest BCUT2D eigenvalue weighted by Gasteiger charge is -2.26. The Balaban J connectivity index is 1.34. The molecule has 6 nitrogen and oxygen atoms in total. The Bertz CT molecular complexity index is 738. The zero-order valence-electron chi connectivity index (χ0n) is 16.0. The molecule has 2 aromatic rings. The Kier molecular flexibility index (Phi) is 7.75. The van der Waals surface area contributed by atoms with Gasteiger partial charge in [0.2, 0.25) is 11.8 Å². The molecule has 27 heavy (non-hydrogen) atoms. The quantitative estimate of drug-likeness (QED) is 0.642. The highest BCUT2D eigenvalue weighted by Gasteiger charge is 2.15. The monoisotopic (exact) mass is 409 g/mol. The number of nitrogens with zero attached hydrogens (tertiary/aromatic N) is 2. The number of ether oxygens (including phenoxy) is 1. The summed E-state index contributed by atoms with van der Waals surface area (Å²) in [5.74, 6) is 2.72. The van der Waals surface area contributed by atoms with Crippen LogP contribution in [-0.4, -0.2) is 60.9 Å². The third-order valence-corrected chi connectivity index (χ3v) is 6.45. The second-order valence-electron chi connectivity index (χ2n) is 6.60. The second kappa shape index (κ2) is 10.3. The van der Waals surface area contributed by atoms with Gasteiger partial charge in [-0.3, -0.25) is 9.69 Å². The number of thioether (sulfide) groups is 1. The number of morpholine rings is 1. The van der Waals surface area contributed by atoms with E-state index in [0.29, 0.717) is 17.4 Å². The molecule has 0 aromatic carbocycles. The van der Waals surface area contributed by atoms with Crippen LogP contribution >= 0.6 is 23.1 Å². The van der Waals surface area contributed by atoms with Gasteiger partial charge in [0.15, 0.2) is 0 Å². The lowest BCUT2D eigenvalue weighted by Crippen LogP contribution is -2.38. The van der Waals surface area contributed by atoms with Gasteiger partial charge in [-0.25, -0.2) is 4.98 Å². The molecule has 0 radical (unpaired) electrons. The van der Waals surface area contributed by atoms with Gasteiger partial charge in [0, 0.05) is 25.4 Å². The van der Waals surface area contributed by atoms with E-state index < -0.39 is 0 Å². The van der Waals surface area contributed by atoms with Crippen LogP contribution in [0.5, 0.6) is 0 Å². The van der Waals surface area contributed by atoms with Gasteiger partial charge in [0.25, 0.3) is 0 Å². The Morgan fingerprint density at radius 1 is 1.37 bits per heavy atom. The zero-order valence-corrected chi connectivity index (χ0v) is 17.6. The summed E-state index contributed by atoms with van der Waals surface area (Å²) in [5, 5.41) is 5.04. The number of aromatic nitrogens is 1. The van der Waals surface area contributed by atoms with Crippen LogP contribution in [0.25, 0.3) is 10.8 Å². The SMILES string of the molecule is Cc1ccsc1-c1nc(CSCC(=O)NCCCN2CCOCC2)c(C)o1. The van der Waals surface area contributed by atoms with Gasteiger partial charge < -0.3 is 14.5 Å². The van der Waals surface area contributed by atoms with Gasteiger partial charge in [-0.15, -0.1) is 23.1 Å². The van der Waals surface area contributed by atoms with Gasteiger partial charge in [0.05, 0.1) is 29.5 Å². The van der Waals surface area contributed by atoms with E-state index >= 15 is 0 Å². The minimum atomic E-state index is 0.0810. The molecular weight excluding hydrogens is 382 g/mol. The molecule has 0 atom stereocenters. The topological polar surface area (TPSA) is 67.6 Å². The zero-order chi connectivity index (χ0) is 19.1. The van der Waals surface area contributed by atoms with Crippen molar-refractivity contribution in [2.75, 3.05) is 45.1 Å². The van der Waals surface area contributed by atoms with Crippen molar-refractivity contribution in [2.45, 2.75) is 26.0 Å². The van der Waals surface area contributed by atoms with E-state index in [0.717, 1.165) is 62.1 Å². The van der Waals surface area contributed by atoms with Gasteiger partial charge in [-0.1, -0.05) is 0 Å². The number of hydrogen-bond acceptors (Lipinski definition) is 7. The first-order valence-electron chi connectivity index (χ1n) is 9.29. The molecule has 0 spiro atoms. The van der Waals surface area contributed by atoms with E-state index in [-0.39, 0.29) is 5.91 Å². The molecule has 1 saturated heterocycles. The Labute approximate surface area is 168 Å². The van der Waals surface area contributed by atoms with Crippen molar-refractivity contribution >= 4 is 29.0 Å². The Hall–Kier alpha value is -1.35. The van der Waals surface area contributed by atoms with E-state index in [1.165, 1.54) is 5.56 Å². The van der Waals surface area contributed by atoms with Crippen LogP contribution in [-0.2, 0) is 15.3 Å². The molecular formula is C19H27N3O3S2. The summed E-state index contributed by atoms with van der Waals surface area (Å²) < 4.78 is 11.1. The van der Waals surface area contributed by atoms with Crippen molar-refractivity contribution < 1.29 is 13.9 Å². The largest absolute Gasteiger partial charge is 0.440 e. The minimum Gasteiger partial charge on any atom is -0.440 e. The van der Waals surface area contributed by atoms with Crippen LogP contribution in [0.2, 0.25) is 0 Å². The van der Waals surface area contributed by atoms with E-state index in [9.17, 15) is 4.79 Å². The highest BCUT2D eigenvalue weighted by atomic mass is 32.2. The maximum Gasteiger partial charge on any atom is 0.237 e. The van der Waals surface area contributed by atoms with Crippen molar-refractivity contribution in [1.29, 1.82) is 0 Å². The number of aryl methyl sites for hydroxylation is 2. The molecule has 8 heteroatoms. The van der Waals surface area contributed by atoms with Gasteiger partial charge in [-0.2, -0.15) is 0 Å². The highest BCUT2D eigenvalue weighted by molar-refractivity contribution is 7.99. The summed E-state index contributed by atoms with van der Waals surface area (Å²) >= 11 is 3.21. The molecule has 1 aliphatic heterocycles. The molecule has 148 valence electrons. The minimum absolute atomic E-state index is 0.0810. The number of carbonyl (C=O) groups is 1. The molecule has 1 amide bonds.